The van der Waals surface area contributed by atoms with Gasteiger partial charge in [0.25, 0.3) is 0 Å². The summed E-state index contributed by atoms with van der Waals surface area (Å²) in [4.78, 5) is 12.4. The highest BCUT2D eigenvalue weighted by molar-refractivity contribution is 9.11. The lowest BCUT2D eigenvalue weighted by Gasteiger charge is -2.25. The van der Waals surface area contributed by atoms with Crippen molar-refractivity contribution in [1.29, 1.82) is 0 Å². The zero-order valence-corrected chi connectivity index (χ0v) is 14.4. The number of benzene rings is 1. The molecule has 0 saturated carbocycles. The number of methoxy groups -OCH3 is 1. The van der Waals surface area contributed by atoms with Crippen LogP contribution in [0.15, 0.2) is 21.1 Å². The van der Waals surface area contributed by atoms with E-state index in [9.17, 15) is 4.79 Å². The third-order valence-corrected chi connectivity index (χ3v) is 4.80. The van der Waals surface area contributed by atoms with Crippen LogP contribution in [0.25, 0.3) is 0 Å². The van der Waals surface area contributed by atoms with Crippen LogP contribution in [0.5, 0.6) is 5.75 Å². The van der Waals surface area contributed by atoms with E-state index in [-0.39, 0.29) is 11.9 Å². The van der Waals surface area contributed by atoms with E-state index in [1.165, 1.54) is 0 Å². The molecule has 7 heteroatoms. The molecule has 1 aromatic rings. The lowest BCUT2D eigenvalue weighted by atomic mass is 9.85. The molecule has 1 aliphatic rings. The fraction of sp³-hybridized carbons (Fsp3) is 0.462. The highest BCUT2D eigenvalue weighted by atomic mass is 79.9. The van der Waals surface area contributed by atoms with E-state index in [4.69, 9.17) is 15.2 Å². The van der Waals surface area contributed by atoms with E-state index in [2.05, 4.69) is 37.2 Å². The van der Waals surface area contributed by atoms with Gasteiger partial charge in [-0.1, -0.05) is 0 Å². The van der Waals surface area contributed by atoms with E-state index >= 15 is 0 Å². The number of nitrogens with two attached hydrogens (primary N) is 1. The van der Waals surface area contributed by atoms with Gasteiger partial charge in [0.1, 0.15) is 5.75 Å². The monoisotopic (exact) mass is 406 g/mol. The molecule has 1 saturated heterocycles. The van der Waals surface area contributed by atoms with Gasteiger partial charge in [-0.25, -0.2) is 0 Å². The number of hydrogen-bond acceptors (Lipinski definition) is 4. The second kappa shape index (κ2) is 6.01. The predicted octanol–water partition coefficient (Wildman–Crippen LogP) is 2.52. The van der Waals surface area contributed by atoms with Crippen LogP contribution in [0.2, 0.25) is 0 Å². The van der Waals surface area contributed by atoms with Gasteiger partial charge in [0.05, 0.1) is 35.9 Å². The van der Waals surface area contributed by atoms with Crippen LogP contribution in [-0.2, 0) is 9.53 Å². The number of hydrogen-bond donors (Lipinski definition) is 2. The van der Waals surface area contributed by atoms with E-state index < -0.39 is 5.41 Å². The third kappa shape index (κ3) is 2.86. The number of nitrogens with one attached hydrogen (secondary N) is 1. The molecule has 1 heterocycles. The fourth-order valence-corrected chi connectivity index (χ4v) is 3.22. The van der Waals surface area contributed by atoms with Crippen molar-refractivity contribution in [3.8, 4) is 5.75 Å². The maximum absolute atomic E-state index is 12.4. The average molecular weight is 408 g/mol. The molecule has 0 spiro atoms. The number of carbonyl (C=O) groups is 1. The zero-order valence-electron chi connectivity index (χ0n) is 11.2. The van der Waals surface area contributed by atoms with Gasteiger partial charge in [-0.05, 0) is 44.8 Å². The Bertz CT molecular complexity index is 539. The van der Waals surface area contributed by atoms with Gasteiger partial charge in [-0.3, -0.25) is 4.79 Å². The molecule has 0 aromatic heterocycles. The quantitative estimate of drug-likeness (QED) is 0.807. The van der Waals surface area contributed by atoms with Crippen LogP contribution in [-0.4, -0.2) is 32.3 Å². The van der Waals surface area contributed by atoms with Gasteiger partial charge < -0.3 is 20.5 Å². The lowest BCUT2D eigenvalue weighted by Crippen LogP contribution is -2.47. The topological polar surface area (TPSA) is 73.6 Å². The molecule has 2 atom stereocenters. The molecule has 1 aromatic carbocycles. The van der Waals surface area contributed by atoms with Crippen molar-refractivity contribution < 1.29 is 14.3 Å². The Labute approximate surface area is 134 Å². The number of carbonyl (C=O) groups excluding carboxylic acids is 1. The predicted molar refractivity (Wildman–Crippen MR) is 83.9 cm³/mol. The summed E-state index contributed by atoms with van der Waals surface area (Å²) in [5, 5.41) is 2.88. The summed E-state index contributed by atoms with van der Waals surface area (Å²) in [6, 6.07) is 3.26. The molecule has 1 aliphatic heterocycles. The standard InChI is InChI=1S/C13H16Br2N2O3/c1-13(6-20-5-11(13)16)12(18)17-9-4-10(19-2)8(15)3-7(9)14/h3-4,11H,5-6,16H2,1-2H3,(H,17,18). The van der Waals surface area contributed by atoms with Gasteiger partial charge in [0.2, 0.25) is 5.91 Å². The minimum absolute atomic E-state index is 0.160. The number of amides is 1. The van der Waals surface area contributed by atoms with E-state index in [0.29, 0.717) is 24.7 Å². The third-order valence-electron chi connectivity index (χ3n) is 3.53. The zero-order chi connectivity index (χ0) is 14.9. The van der Waals surface area contributed by atoms with Gasteiger partial charge in [-0.2, -0.15) is 0 Å². The molecular weight excluding hydrogens is 392 g/mol. The molecule has 0 radical (unpaired) electrons. The number of ether oxygens (including phenoxy) is 2. The first-order chi connectivity index (χ1) is 9.38. The number of halogens is 2. The largest absolute Gasteiger partial charge is 0.495 e. The Morgan fingerprint density at radius 2 is 2.20 bits per heavy atom. The molecule has 2 unspecified atom stereocenters. The summed E-state index contributed by atoms with van der Waals surface area (Å²) in [5.41, 5.74) is 5.87. The van der Waals surface area contributed by atoms with E-state index in [1.54, 1.807) is 13.2 Å². The number of rotatable bonds is 3. The Balaban J connectivity index is 2.24. The first kappa shape index (κ1) is 15.8. The molecule has 110 valence electrons. The van der Waals surface area contributed by atoms with Gasteiger partial charge in [-0.15, -0.1) is 0 Å². The first-order valence-corrected chi connectivity index (χ1v) is 7.65. The normalized spacial score (nSPS) is 25.6. The molecule has 1 amide bonds. The van der Waals surface area contributed by atoms with E-state index in [1.807, 2.05) is 13.0 Å². The molecule has 20 heavy (non-hydrogen) atoms. The Morgan fingerprint density at radius 3 is 2.75 bits per heavy atom. The molecule has 2 rings (SSSR count). The second-order valence-electron chi connectivity index (χ2n) is 4.96. The average Bonchev–Trinajstić information content (AvgIpc) is 2.74. The lowest BCUT2D eigenvalue weighted by molar-refractivity contribution is -0.125. The van der Waals surface area contributed by atoms with Crippen LogP contribution in [0.4, 0.5) is 5.69 Å². The highest BCUT2D eigenvalue weighted by Gasteiger charge is 2.44. The fourth-order valence-electron chi connectivity index (χ4n) is 1.97. The van der Waals surface area contributed by atoms with Crippen LogP contribution in [0.3, 0.4) is 0 Å². The van der Waals surface area contributed by atoms with Crippen molar-refractivity contribution in [2.24, 2.45) is 11.1 Å². The molecular formula is C13H16Br2N2O3. The minimum atomic E-state index is -0.722. The maximum atomic E-state index is 12.4. The number of anilines is 1. The summed E-state index contributed by atoms with van der Waals surface area (Å²) in [7, 11) is 1.57. The van der Waals surface area contributed by atoms with E-state index in [0.717, 1.165) is 8.95 Å². The molecule has 1 fully saturated rings. The maximum Gasteiger partial charge on any atom is 0.234 e. The summed E-state index contributed by atoms with van der Waals surface area (Å²) in [6.07, 6.45) is 0. The molecule has 5 nitrogen and oxygen atoms in total. The van der Waals surface area contributed by atoms with Crippen molar-refractivity contribution in [1.82, 2.24) is 0 Å². The Hall–Kier alpha value is -0.630. The van der Waals surface area contributed by atoms with Crippen LogP contribution in [0, 0.1) is 5.41 Å². The van der Waals surface area contributed by atoms with Crippen molar-refractivity contribution in [2.75, 3.05) is 25.6 Å². The van der Waals surface area contributed by atoms with Crippen molar-refractivity contribution in [2.45, 2.75) is 13.0 Å². The minimum Gasteiger partial charge on any atom is -0.495 e. The van der Waals surface area contributed by atoms with Crippen molar-refractivity contribution in [3.63, 3.8) is 0 Å². The van der Waals surface area contributed by atoms with Crippen molar-refractivity contribution >= 4 is 43.5 Å². The molecule has 0 aliphatic carbocycles. The highest BCUT2D eigenvalue weighted by Crippen LogP contribution is 2.36. The molecule has 3 N–H and O–H groups in total. The van der Waals surface area contributed by atoms with Crippen molar-refractivity contribution in [3.05, 3.63) is 21.1 Å². The Kier molecular flexibility index (Phi) is 4.73. The summed E-state index contributed by atoms with van der Waals surface area (Å²) in [6.45, 7) is 2.53. The smallest absolute Gasteiger partial charge is 0.234 e. The second-order valence-corrected chi connectivity index (χ2v) is 6.67. The van der Waals surface area contributed by atoms with Gasteiger partial charge >= 0.3 is 0 Å². The van der Waals surface area contributed by atoms with Crippen LogP contribution >= 0.6 is 31.9 Å². The Morgan fingerprint density at radius 1 is 1.50 bits per heavy atom. The summed E-state index contributed by atoms with van der Waals surface area (Å²) < 4.78 is 12.1. The van der Waals surface area contributed by atoms with Crippen LogP contribution < -0.4 is 15.8 Å². The SMILES string of the molecule is COc1cc(NC(=O)C2(C)COCC2N)c(Br)cc1Br. The molecule has 0 bridgehead atoms. The van der Waals surface area contributed by atoms with Crippen LogP contribution in [0.1, 0.15) is 6.92 Å². The summed E-state index contributed by atoms with van der Waals surface area (Å²) in [5.74, 6) is 0.480. The summed E-state index contributed by atoms with van der Waals surface area (Å²) >= 11 is 6.80. The first-order valence-electron chi connectivity index (χ1n) is 6.06. The van der Waals surface area contributed by atoms with Gasteiger partial charge in [0, 0.05) is 16.6 Å². The van der Waals surface area contributed by atoms with Gasteiger partial charge in [0.15, 0.2) is 0 Å².